The van der Waals surface area contributed by atoms with Crippen LogP contribution in [-0.2, 0) is 12.0 Å². The van der Waals surface area contributed by atoms with Crippen LogP contribution < -0.4 is 5.32 Å². The number of hydrogen-bond donors (Lipinski definition) is 3. The van der Waals surface area contributed by atoms with Crippen LogP contribution in [0.2, 0.25) is 0 Å². The zero-order valence-electron chi connectivity index (χ0n) is 20.6. The Morgan fingerprint density at radius 1 is 1.12 bits per heavy atom. The van der Waals surface area contributed by atoms with E-state index in [2.05, 4.69) is 48.9 Å². The fraction of sp³-hybridized carbons (Fsp3) is 0.593. The predicted molar refractivity (Wildman–Crippen MR) is 136 cm³/mol. The van der Waals surface area contributed by atoms with Gasteiger partial charge < -0.3 is 15.0 Å². The van der Waals surface area contributed by atoms with Gasteiger partial charge in [0.15, 0.2) is 0 Å². The number of nitrogens with zero attached hydrogens (tertiary/aromatic N) is 1. The molecule has 0 saturated heterocycles. The van der Waals surface area contributed by atoms with Crippen molar-refractivity contribution >= 4 is 18.5 Å². The zero-order valence-corrected chi connectivity index (χ0v) is 21.5. The summed E-state index contributed by atoms with van der Waals surface area (Å²) in [4.78, 5) is 14.0. The van der Waals surface area contributed by atoms with E-state index in [1.54, 1.807) is 13.8 Å². The van der Waals surface area contributed by atoms with E-state index in [0.29, 0.717) is 11.5 Å². The molecule has 0 unspecified atom stereocenters. The normalized spacial score (nSPS) is 15.8. The minimum absolute atomic E-state index is 0.0180. The van der Waals surface area contributed by atoms with Gasteiger partial charge in [-0.25, -0.2) is 0 Å². The molecule has 1 fully saturated rings. The molecule has 176 valence electrons. The molecular weight excluding hydrogens is 416 g/mol. The van der Waals surface area contributed by atoms with Crippen LogP contribution in [0.4, 0.5) is 0 Å². The summed E-state index contributed by atoms with van der Waals surface area (Å²) in [6.07, 6.45) is 6.42. The summed E-state index contributed by atoms with van der Waals surface area (Å²) in [7, 11) is 0. The van der Waals surface area contributed by atoms with E-state index in [0.717, 1.165) is 28.4 Å². The average molecular weight is 457 g/mol. The van der Waals surface area contributed by atoms with Gasteiger partial charge in [0.1, 0.15) is 0 Å². The Morgan fingerprint density at radius 2 is 1.78 bits per heavy atom. The van der Waals surface area contributed by atoms with Crippen molar-refractivity contribution in [2.24, 2.45) is 5.92 Å². The summed E-state index contributed by atoms with van der Waals surface area (Å²) in [5.74, 6) is 0.516. The van der Waals surface area contributed by atoms with E-state index in [-0.39, 0.29) is 17.9 Å². The molecule has 0 atom stereocenters. The van der Waals surface area contributed by atoms with Gasteiger partial charge in [-0.05, 0) is 74.3 Å². The Bertz CT molecular complexity index is 957. The second-order valence-corrected chi connectivity index (χ2v) is 11.6. The largest absolute Gasteiger partial charge is 0.389 e. The third kappa shape index (κ3) is 5.99. The van der Waals surface area contributed by atoms with Gasteiger partial charge in [-0.1, -0.05) is 46.1 Å². The van der Waals surface area contributed by atoms with Crippen LogP contribution in [-0.4, -0.2) is 27.7 Å². The molecule has 1 aromatic heterocycles. The molecule has 1 heterocycles. The van der Waals surface area contributed by atoms with Crippen molar-refractivity contribution in [3.8, 4) is 11.3 Å². The molecule has 2 aromatic rings. The number of aromatic nitrogens is 1. The minimum atomic E-state index is -0.943. The van der Waals surface area contributed by atoms with Gasteiger partial charge in [-0.15, -0.1) is 12.6 Å². The molecular formula is C27H40N2O2S. The Kier molecular flexibility index (Phi) is 7.51. The van der Waals surface area contributed by atoms with Crippen LogP contribution in [0, 0.1) is 12.8 Å². The Hall–Kier alpha value is -1.72. The number of benzene rings is 1. The number of aliphatic hydroxyl groups is 1. The van der Waals surface area contributed by atoms with Crippen molar-refractivity contribution in [2.75, 3.05) is 6.54 Å². The predicted octanol–water partition coefficient (Wildman–Crippen LogP) is 6.13. The number of nitrogens with one attached hydrogen (secondary N) is 1. The van der Waals surface area contributed by atoms with Crippen molar-refractivity contribution < 1.29 is 9.90 Å². The third-order valence-electron chi connectivity index (χ3n) is 6.56. The van der Waals surface area contributed by atoms with Gasteiger partial charge in [0.05, 0.1) is 11.2 Å². The monoisotopic (exact) mass is 456 g/mol. The second-order valence-electron chi connectivity index (χ2n) is 11.1. The number of carbonyl (C=O) groups excluding carboxylic acids is 1. The van der Waals surface area contributed by atoms with Crippen LogP contribution >= 0.6 is 12.6 Å². The van der Waals surface area contributed by atoms with E-state index in [9.17, 15) is 9.90 Å². The summed E-state index contributed by atoms with van der Waals surface area (Å²) < 4.78 is 2.34. The molecule has 1 amide bonds. The topological polar surface area (TPSA) is 54.3 Å². The molecule has 32 heavy (non-hydrogen) atoms. The average Bonchev–Trinajstić information content (AvgIpc) is 3.02. The van der Waals surface area contributed by atoms with Crippen molar-refractivity contribution in [3.05, 3.63) is 41.1 Å². The van der Waals surface area contributed by atoms with Crippen LogP contribution in [0.15, 0.2) is 29.2 Å². The lowest BCUT2D eigenvalue weighted by molar-refractivity contribution is 0.0694. The summed E-state index contributed by atoms with van der Waals surface area (Å²) in [6.45, 7) is 13.2. The third-order valence-corrected chi connectivity index (χ3v) is 6.95. The van der Waals surface area contributed by atoms with E-state index >= 15 is 0 Å². The van der Waals surface area contributed by atoms with Gasteiger partial charge in [0.25, 0.3) is 5.91 Å². The maximum Gasteiger partial charge on any atom is 0.253 e. The summed E-state index contributed by atoms with van der Waals surface area (Å²) in [5, 5.41) is 12.9. The lowest BCUT2D eigenvalue weighted by atomic mass is 9.85. The first-order chi connectivity index (χ1) is 14.9. The Morgan fingerprint density at radius 3 is 2.38 bits per heavy atom. The molecule has 5 heteroatoms. The highest BCUT2D eigenvalue weighted by Gasteiger charge is 2.24. The molecule has 0 bridgehead atoms. The fourth-order valence-electron chi connectivity index (χ4n) is 4.67. The number of rotatable bonds is 6. The van der Waals surface area contributed by atoms with Crippen molar-refractivity contribution in [3.63, 3.8) is 0 Å². The highest BCUT2D eigenvalue weighted by molar-refractivity contribution is 7.80. The highest BCUT2D eigenvalue weighted by atomic mass is 32.1. The lowest BCUT2D eigenvalue weighted by Gasteiger charge is -2.25. The lowest BCUT2D eigenvalue weighted by Crippen LogP contribution is -2.38. The van der Waals surface area contributed by atoms with Gasteiger partial charge >= 0.3 is 0 Å². The smallest absolute Gasteiger partial charge is 0.253 e. The van der Waals surface area contributed by atoms with Crippen molar-refractivity contribution in [2.45, 2.75) is 96.1 Å². The Balaban J connectivity index is 2.04. The van der Waals surface area contributed by atoms with E-state index in [4.69, 9.17) is 12.6 Å². The quantitative estimate of drug-likeness (QED) is 0.458. The molecule has 2 N–H and O–H groups in total. The van der Waals surface area contributed by atoms with Gasteiger partial charge in [0.2, 0.25) is 0 Å². The van der Waals surface area contributed by atoms with Gasteiger partial charge in [0, 0.05) is 29.4 Å². The van der Waals surface area contributed by atoms with E-state index < -0.39 is 5.60 Å². The molecule has 1 aromatic carbocycles. The maximum absolute atomic E-state index is 13.0. The molecule has 1 aliphatic carbocycles. The van der Waals surface area contributed by atoms with Crippen LogP contribution in [0.5, 0.6) is 0 Å². The van der Waals surface area contributed by atoms with Crippen LogP contribution in [0.25, 0.3) is 11.3 Å². The highest BCUT2D eigenvalue weighted by Crippen LogP contribution is 2.35. The zero-order chi connectivity index (χ0) is 23.7. The second kappa shape index (κ2) is 9.64. The summed E-state index contributed by atoms with van der Waals surface area (Å²) >= 11 is 4.70. The maximum atomic E-state index is 13.0. The first kappa shape index (κ1) is 24.9. The van der Waals surface area contributed by atoms with E-state index in [1.165, 1.54) is 37.7 Å². The molecule has 0 aliphatic heterocycles. The van der Waals surface area contributed by atoms with Crippen LogP contribution in [0.3, 0.4) is 0 Å². The molecule has 1 aliphatic rings. The van der Waals surface area contributed by atoms with Gasteiger partial charge in [-0.3, -0.25) is 4.79 Å². The SMILES string of the molecule is Cc1c(C(=O)NCC(C)(C)O)cc(-c2ccc(S)c(C(C)(C)C)c2)n1CC1CCCCC1. The first-order valence-electron chi connectivity index (χ1n) is 11.9. The molecule has 0 radical (unpaired) electrons. The van der Waals surface area contributed by atoms with Crippen molar-refractivity contribution in [1.29, 1.82) is 0 Å². The van der Waals surface area contributed by atoms with Crippen LogP contribution in [0.1, 0.15) is 88.3 Å². The number of hydrogen-bond acceptors (Lipinski definition) is 3. The first-order valence-corrected chi connectivity index (χ1v) is 12.4. The molecule has 0 spiro atoms. The van der Waals surface area contributed by atoms with Crippen molar-refractivity contribution in [1.82, 2.24) is 9.88 Å². The number of thiol groups is 1. The molecule has 4 nitrogen and oxygen atoms in total. The number of carbonyl (C=O) groups is 1. The standard InChI is InChI=1S/C27H40N2O2S/c1-18-21(25(30)28-17-27(5,6)31)15-23(29(18)16-19-10-8-7-9-11-19)20-12-13-24(32)22(14-20)26(2,3)4/h12-15,19,31-32H,7-11,16-17H2,1-6H3,(H,28,30). The Labute approximate surface area is 199 Å². The fourth-order valence-corrected chi connectivity index (χ4v) is 5.14. The molecule has 1 saturated carbocycles. The summed E-state index contributed by atoms with van der Waals surface area (Å²) in [5.41, 5.74) is 4.12. The minimum Gasteiger partial charge on any atom is -0.389 e. The summed E-state index contributed by atoms with van der Waals surface area (Å²) in [6, 6.07) is 8.44. The van der Waals surface area contributed by atoms with E-state index in [1.807, 2.05) is 13.0 Å². The van der Waals surface area contributed by atoms with Gasteiger partial charge in [-0.2, -0.15) is 0 Å². The number of amides is 1. The molecule has 3 rings (SSSR count).